The van der Waals surface area contributed by atoms with Gasteiger partial charge in [-0.3, -0.25) is 0 Å². The van der Waals surface area contributed by atoms with Crippen molar-refractivity contribution in [3.8, 4) is 11.5 Å². The van der Waals surface area contributed by atoms with Crippen molar-refractivity contribution in [3.63, 3.8) is 0 Å². The molecule has 0 fully saturated rings. The number of hydrogen-bond donors (Lipinski definition) is 1. The van der Waals surface area contributed by atoms with E-state index in [1.54, 1.807) is 21.3 Å². The summed E-state index contributed by atoms with van der Waals surface area (Å²) in [4.78, 5) is 0.623. The molecule has 1 aromatic carbocycles. The summed E-state index contributed by atoms with van der Waals surface area (Å²) in [6.45, 7) is 1.27. The molecule has 0 bridgehead atoms. The van der Waals surface area contributed by atoms with Crippen molar-refractivity contribution in [3.05, 3.63) is 23.8 Å². The standard InChI is InChI=1S/C12H17NO3S/c1-14-8-7-13-12(17)9-5-4-6-10(15-2)11(9)16-3/h4-6H,7-8H2,1-3H3,(H,13,17). The van der Waals surface area contributed by atoms with Crippen LogP contribution in [0.1, 0.15) is 5.56 Å². The molecule has 94 valence electrons. The van der Waals surface area contributed by atoms with Crippen molar-refractivity contribution in [2.75, 3.05) is 34.5 Å². The number of para-hydroxylation sites is 1. The van der Waals surface area contributed by atoms with Crippen LogP contribution in [0.4, 0.5) is 0 Å². The zero-order valence-corrected chi connectivity index (χ0v) is 11.1. The molecule has 0 aliphatic carbocycles. The Morgan fingerprint density at radius 1 is 1.24 bits per heavy atom. The number of hydrogen-bond acceptors (Lipinski definition) is 4. The van der Waals surface area contributed by atoms with Crippen molar-refractivity contribution >= 4 is 17.2 Å². The predicted molar refractivity (Wildman–Crippen MR) is 71.1 cm³/mol. The Bertz CT molecular complexity index is 382. The lowest BCUT2D eigenvalue weighted by Crippen LogP contribution is -2.26. The Kier molecular flexibility index (Phi) is 5.72. The van der Waals surface area contributed by atoms with E-state index in [2.05, 4.69) is 5.32 Å². The van der Waals surface area contributed by atoms with Crippen LogP contribution < -0.4 is 14.8 Å². The van der Waals surface area contributed by atoms with Gasteiger partial charge in [-0.05, 0) is 12.1 Å². The quantitative estimate of drug-likeness (QED) is 0.618. The molecule has 17 heavy (non-hydrogen) atoms. The third-order valence-electron chi connectivity index (χ3n) is 2.24. The zero-order chi connectivity index (χ0) is 12.7. The molecule has 0 atom stereocenters. The van der Waals surface area contributed by atoms with Crippen LogP contribution in [-0.2, 0) is 4.74 Å². The highest BCUT2D eigenvalue weighted by molar-refractivity contribution is 7.80. The summed E-state index contributed by atoms with van der Waals surface area (Å²) in [6, 6.07) is 5.60. The summed E-state index contributed by atoms with van der Waals surface area (Å²) in [5.41, 5.74) is 0.818. The van der Waals surface area contributed by atoms with E-state index in [1.165, 1.54) is 0 Å². The van der Waals surface area contributed by atoms with Gasteiger partial charge in [0.2, 0.25) is 0 Å². The normalized spacial score (nSPS) is 9.82. The largest absolute Gasteiger partial charge is 0.493 e. The van der Waals surface area contributed by atoms with Crippen LogP contribution in [0.15, 0.2) is 18.2 Å². The molecule has 0 heterocycles. The molecule has 1 rings (SSSR count). The lowest BCUT2D eigenvalue weighted by atomic mass is 10.2. The van der Waals surface area contributed by atoms with E-state index in [4.69, 9.17) is 26.4 Å². The second-order valence-corrected chi connectivity index (χ2v) is 3.70. The Balaban J connectivity index is 2.85. The van der Waals surface area contributed by atoms with Gasteiger partial charge >= 0.3 is 0 Å². The van der Waals surface area contributed by atoms with Crippen LogP contribution in [-0.4, -0.2) is 39.5 Å². The fourth-order valence-electron chi connectivity index (χ4n) is 1.43. The summed E-state index contributed by atoms with van der Waals surface area (Å²) in [5, 5.41) is 3.10. The molecule has 1 aromatic rings. The molecule has 0 aliphatic heterocycles. The molecule has 0 saturated heterocycles. The van der Waals surface area contributed by atoms with Gasteiger partial charge in [-0.2, -0.15) is 0 Å². The van der Waals surface area contributed by atoms with Crippen LogP contribution in [0.5, 0.6) is 11.5 Å². The number of ether oxygens (including phenoxy) is 3. The van der Waals surface area contributed by atoms with Gasteiger partial charge in [0.1, 0.15) is 4.99 Å². The van der Waals surface area contributed by atoms with Gasteiger partial charge in [-0.15, -0.1) is 0 Å². The van der Waals surface area contributed by atoms with Gasteiger partial charge in [-0.25, -0.2) is 0 Å². The SMILES string of the molecule is COCCNC(=S)c1cccc(OC)c1OC. The van der Waals surface area contributed by atoms with Crippen LogP contribution in [0.2, 0.25) is 0 Å². The van der Waals surface area contributed by atoms with E-state index >= 15 is 0 Å². The maximum absolute atomic E-state index is 5.31. The highest BCUT2D eigenvalue weighted by atomic mass is 32.1. The van der Waals surface area contributed by atoms with Crippen molar-refractivity contribution in [2.24, 2.45) is 0 Å². The summed E-state index contributed by atoms with van der Waals surface area (Å²) < 4.78 is 15.5. The van der Waals surface area contributed by atoms with Gasteiger partial charge < -0.3 is 19.5 Å². The maximum atomic E-state index is 5.31. The molecule has 1 N–H and O–H groups in total. The van der Waals surface area contributed by atoms with Crippen LogP contribution in [0, 0.1) is 0 Å². The molecular formula is C12H17NO3S. The Hall–Kier alpha value is -1.33. The van der Waals surface area contributed by atoms with E-state index in [1.807, 2.05) is 18.2 Å². The molecule has 0 aromatic heterocycles. The predicted octanol–water partition coefficient (Wildman–Crippen LogP) is 1.62. The van der Waals surface area contributed by atoms with E-state index in [0.29, 0.717) is 29.6 Å². The second kappa shape index (κ2) is 7.09. The molecule has 0 aliphatic rings. The summed E-state index contributed by atoms with van der Waals surface area (Å²) >= 11 is 5.29. The first-order chi connectivity index (χ1) is 8.24. The number of methoxy groups -OCH3 is 3. The Morgan fingerprint density at radius 3 is 2.59 bits per heavy atom. The molecule has 0 amide bonds. The minimum Gasteiger partial charge on any atom is -0.493 e. The minimum atomic E-state index is 0.604. The first kappa shape index (κ1) is 13.7. The second-order valence-electron chi connectivity index (χ2n) is 3.29. The topological polar surface area (TPSA) is 39.7 Å². The summed E-state index contributed by atoms with van der Waals surface area (Å²) in [7, 11) is 4.85. The third kappa shape index (κ3) is 3.57. The smallest absolute Gasteiger partial charge is 0.170 e. The van der Waals surface area contributed by atoms with Crippen molar-refractivity contribution in [2.45, 2.75) is 0 Å². The molecule has 0 saturated carbocycles. The van der Waals surface area contributed by atoms with Crippen LogP contribution >= 0.6 is 12.2 Å². The highest BCUT2D eigenvalue weighted by Gasteiger charge is 2.12. The number of benzene rings is 1. The van der Waals surface area contributed by atoms with E-state index < -0.39 is 0 Å². The number of thiocarbonyl (C=S) groups is 1. The van der Waals surface area contributed by atoms with E-state index in [-0.39, 0.29) is 0 Å². The van der Waals surface area contributed by atoms with Gasteiger partial charge in [0.25, 0.3) is 0 Å². The first-order valence-electron chi connectivity index (χ1n) is 5.22. The van der Waals surface area contributed by atoms with Crippen LogP contribution in [0.25, 0.3) is 0 Å². The monoisotopic (exact) mass is 255 g/mol. The van der Waals surface area contributed by atoms with Crippen molar-refractivity contribution in [1.82, 2.24) is 5.32 Å². The lowest BCUT2D eigenvalue weighted by molar-refractivity contribution is 0.204. The maximum Gasteiger partial charge on any atom is 0.170 e. The Labute approximate surface area is 107 Å². The van der Waals surface area contributed by atoms with Crippen LogP contribution in [0.3, 0.4) is 0 Å². The molecule has 5 heteroatoms. The molecule has 0 radical (unpaired) electrons. The third-order valence-corrected chi connectivity index (χ3v) is 2.60. The van der Waals surface area contributed by atoms with Gasteiger partial charge in [-0.1, -0.05) is 18.3 Å². The lowest BCUT2D eigenvalue weighted by Gasteiger charge is -2.14. The fourth-order valence-corrected chi connectivity index (χ4v) is 1.69. The average molecular weight is 255 g/mol. The fraction of sp³-hybridized carbons (Fsp3) is 0.417. The molecule has 0 unspecified atom stereocenters. The minimum absolute atomic E-state index is 0.604. The van der Waals surface area contributed by atoms with E-state index in [9.17, 15) is 0 Å². The molecule has 4 nitrogen and oxygen atoms in total. The summed E-state index contributed by atoms with van der Waals surface area (Å²) in [5.74, 6) is 1.31. The van der Waals surface area contributed by atoms with Gasteiger partial charge in [0.15, 0.2) is 11.5 Å². The van der Waals surface area contributed by atoms with Crippen molar-refractivity contribution < 1.29 is 14.2 Å². The molecular weight excluding hydrogens is 238 g/mol. The number of nitrogens with one attached hydrogen (secondary N) is 1. The average Bonchev–Trinajstić information content (AvgIpc) is 2.37. The zero-order valence-electron chi connectivity index (χ0n) is 10.3. The summed E-state index contributed by atoms with van der Waals surface area (Å²) in [6.07, 6.45) is 0. The van der Waals surface area contributed by atoms with Gasteiger partial charge in [0.05, 0.1) is 26.4 Å². The van der Waals surface area contributed by atoms with Crippen molar-refractivity contribution in [1.29, 1.82) is 0 Å². The van der Waals surface area contributed by atoms with Gasteiger partial charge in [0, 0.05) is 13.7 Å². The highest BCUT2D eigenvalue weighted by Crippen LogP contribution is 2.30. The van der Waals surface area contributed by atoms with E-state index in [0.717, 1.165) is 5.56 Å². The number of rotatable bonds is 6. The molecule has 0 spiro atoms. The Morgan fingerprint density at radius 2 is 2.00 bits per heavy atom. The first-order valence-corrected chi connectivity index (χ1v) is 5.63.